The van der Waals surface area contributed by atoms with Crippen LogP contribution in [-0.4, -0.2) is 10.8 Å². The maximum atomic E-state index is 12.9. The van der Waals surface area contributed by atoms with Crippen LogP contribution in [-0.2, 0) is 4.79 Å². The van der Waals surface area contributed by atoms with E-state index in [4.69, 9.17) is 11.6 Å². The second kappa shape index (κ2) is 8.29. The van der Waals surface area contributed by atoms with Crippen molar-refractivity contribution in [2.24, 2.45) is 0 Å². The third kappa shape index (κ3) is 4.59. The average Bonchev–Trinajstić information content (AvgIpc) is 2.69. The van der Waals surface area contributed by atoms with Gasteiger partial charge >= 0.3 is 0 Å². The summed E-state index contributed by atoms with van der Waals surface area (Å²) in [4.78, 5) is 23.4. The molecule has 134 valence electrons. The first-order chi connectivity index (χ1) is 13.0. The highest BCUT2D eigenvalue weighted by Gasteiger charge is 2.16. The first-order valence-corrected chi connectivity index (χ1v) is 8.50. The number of hydrogen-bond acceptors (Lipinski definition) is 3. The number of nitrogens with zero attached hydrogens (tertiary/aromatic N) is 1. The van der Waals surface area contributed by atoms with Crippen LogP contribution >= 0.6 is 11.6 Å². The lowest BCUT2D eigenvalue weighted by molar-refractivity contribution is -0.384. The Hall–Kier alpha value is -3.44. The zero-order valence-corrected chi connectivity index (χ0v) is 14.9. The van der Waals surface area contributed by atoms with E-state index in [0.717, 1.165) is 11.1 Å². The van der Waals surface area contributed by atoms with Gasteiger partial charge in [0.1, 0.15) is 5.02 Å². The van der Waals surface area contributed by atoms with Gasteiger partial charge < -0.3 is 5.32 Å². The highest BCUT2D eigenvalue weighted by atomic mass is 35.5. The molecule has 5 nitrogen and oxygen atoms in total. The van der Waals surface area contributed by atoms with Gasteiger partial charge in [-0.2, -0.15) is 0 Å². The van der Waals surface area contributed by atoms with Crippen LogP contribution in [0, 0.1) is 10.1 Å². The van der Waals surface area contributed by atoms with Crippen molar-refractivity contribution in [3.05, 3.63) is 105 Å². The van der Waals surface area contributed by atoms with Crippen molar-refractivity contribution in [1.29, 1.82) is 0 Å². The second-order valence-corrected chi connectivity index (χ2v) is 6.12. The Morgan fingerprint density at radius 1 is 0.963 bits per heavy atom. The number of nitro groups is 1. The smallest absolute Gasteiger partial charge is 0.289 e. The van der Waals surface area contributed by atoms with Crippen LogP contribution in [0.3, 0.4) is 0 Å². The molecule has 3 aromatic carbocycles. The topological polar surface area (TPSA) is 72.2 Å². The molecule has 0 aromatic heterocycles. The molecule has 6 heteroatoms. The summed E-state index contributed by atoms with van der Waals surface area (Å²) in [5, 5.41) is 13.8. The fourth-order valence-electron chi connectivity index (χ4n) is 2.54. The Morgan fingerprint density at radius 2 is 1.59 bits per heavy atom. The van der Waals surface area contributed by atoms with Crippen LogP contribution in [0.5, 0.6) is 0 Å². The first kappa shape index (κ1) is 18.4. The summed E-state index contributed by atoms with van der Waals surface area (Å²) in [7, 11) is 0. The predicted octanol–water partition coefficient (Wildman–Crippen LogP) is 5.43. The molecule has 0 bridgehead atoms. The number of amides is 1. The maximum Gasteiger partial charge on any atom is 0.289 e. The molecule has 27 heavy (non-hydrogen) atoms. The number of carbonyl (C=O) groups excluding carboxylic acids is 1. The van der Waals surface area contributed by atoms with Crippen molar-refractivity contribution in [2.45, 2.75) is 0 Å². The molecule has 0 heterocycles. The minimum atomic E-state index is -0.587. The number of nitro benzene ring substituents is 1. The number of halogens is 1. The van der Waals surface area contributed by atoms with Gasteiger partial charge in [0, 0.05) is 17.3 Å². The predicted molar refractivity (Wildman–Crippen MR) is 107 cm³/mol. The van der Waals surface area contributed by atoms with E-state index in [9.17, 15) is 14.9 Å². The van der Waals surface area contributed by atoms with Gasteiger partial charge in [-0.3, -0.25) is 14.9 Å². The maximum absolute atomic E-state index is 12.9. The van der Waals surface area contributed by atoms with Crippen molar-refractivity contribution < 1.29 is 9.72 Å². The van der Waals surface area contributed by atoms with Crippen LogP contribution in [0.4, 0.5) is 11.4 Å². The fourth-order valence-corrected chi connectivity index (χ4v) is 2.73. The molecule has 0 saturated heterocycles. The first-order valence-electron chi connectivity index (χ1n) is 8.12. The monoisotopic (exact) mass is 378 g/mol. The second-order valence-electron chi connectivity index (χ2n) is 5.71. The standard InChI is InChI=1S/C21H15ClN2O3/c22-19-12-11-17(14-20(19)24(26)27)23-21(25)18(16-9-5-2-6-10-16)13-15-7-3-1-4-8-15/h1-14H,(H,23,25). The number of nitrogens with one attached hydrogen (secondary N) is 1. The number of rotatable bonds is 5. The molecular formula is C21H15ClN2O3. The quantitative estimate of drug-likeness (QED) is 0.278. The van der Waals surface area contributed by atoms with Crippen LogP contribution < -0.4 is 5.32 Å². The molecule has 0 atom stereocenters. The lowest BCUT2D eigenvalue weighted by atomic mass is 10.0. The van der Waals surface area contributed by atoms with E-state index in [1.807, 2.05) is 60.7 Å². The van der Waals surface area contributed by atoms with Gasteiger partial charge in [-0.05, 0) is 29.3 Å². The zero-order chi connectivity index (χ0) is 19.2. The number of carbonyl (C=O) groups is 1. The highest BCUT2D eigenvalue weighted by Crippen LogP contribution is 2.28. The molecule has 0 unspecified atom stereocenters. The van der Waals surface area contributed by atoms with Gasteiger partial charge in [0.05, 0.1) is 4.92 Å². The molecular weight excluding hydrogens is 364 g/mol. The van der Waals surface area contributed by atoms with E-state index < -0.39 is 4.92 Å². The van der Waals surface area contributed by atoms with Crippen molar-refractivity contribution in [1.82, 2.24) is 0 Å². The molecule has 0 aliphatic rings. The van der Waals surface area contributed by atoms with Crippen LogP contribution in [0.25, 0.3) is 11.6 Å². The van der Waals surface area contributed by atoms with Gasteiger partial charge in [0.2, 0.25) is 0 Å². The van der Waals surface area contributed by atoms with Crippen LogP contribution in [0.2, 0.25) is 5.02 Å². The SMILES string of the molecule is O=C(Nc1ccc(Cl)c([N+](=O)[O-])c1)C(=Cc1ccccc1)c1ccccc1. The summed E-state index contributed by atoms with van der Waals surface area (Å²) in [6.07, 6.45) is 1.77. The Kier molecular flexibility index (Phi) is 5.64. The zero-order valence-electron chi connectivity index (χ0n) is 14.1. The van der Waals surface area contributed by atoms with Crippen LogP contribution in [0.15, 0.2) is 78.9 Å². The van der Waals surface area contributed by atoms with Gasteiger partial charge in [0.15, 0.2) is 0 Å². The third-order valence-corrected chi connectivity index (χ3v) is 4.16. The molecule has 3 rings (SSSR count). The van der Waals surface area contributed by atoms with E-state index in [2.05, 4.69) is 5.32 Å². The third-order valence-electron chi connectivity index (χ3n) is 3.84. The van der Waals surface area contributed by atoms with Crippen molar-refractivity contribution in [3.63, 3.8) is 0 Å². The Bertz CT molecular complexity index is 1000. The number of benzene rings is 3. The summed E-state index contributed by atoms with van der Waals surface area (Å²) in [5.41, 5.74) is 2.09. The van der Waals surface area contributed by atoms with E-state index in [-0.39, 0.29) is 16.6 Å². The normalized spacial score (nSPS) is 11.1. The van der Waals surface area contributed by atoms with Gasteiger partial charge in [0.25, 0.3) is 11.6 Å². The lowest BCUT2D eigenvalue weighted by Crippen LogP contribution is -2.13. The minimum absolute atomic E-state index is 0.0149. The summed E-state index contributed by atoms with van der Waals surface area (Å²) in [6.45, 7) is 0. The van der Waals surface area contributed by atoms with Crippen molar-refractivity contribution in [2.75, 3.05) is 5.32 Å². The van der Waals surface area contributed by atoms with E-state index in [1.54, 1.807) is 6.08 Å². The summed E-state index contributed by atoms with van der Waals surface area (Å²) < 4.78 is 0. The largest absolute Gasteiger partial charge is 0.322 e. The average molecular weight is 379 g/mol. The Labute approximate surface area is 161 Å². The van der Waals surface area contributed by atoms with Gasteiger partial charge in [-0.25, -0.2) is 0 Å². The van der Waals surface area contributed by atoms with E-state index in [0.29, 0.717) is 11.3 Å². The molecule has 0 saturated carbocycles. The van der Waals surface area contributed by atoms with Crippen molar-refractivity contribution >= 4 is 40.5 Å². The van der Waals surface area contributed by atoms with Crippen LogP contribution in [0.1, 0.15) is 11.1 Å². The lowest BCUT2D eigenvalue weighted by Gasteiger charge is -2.10. The van der Waals surface area contributed by atoms with Gasteiger partial charge in [-0.1, -0.05) is 72.3 Å². The molecule has 1 N–H and O–H groups in total. The molecule has 0 aliphatic heterocycles. The number of hydrogen-bond donors (Lipinski definition) is 1. The molecule has 1 amide bonds. The fraction of sp³-hybridized carbons (Fsp3) is 0. The highest BCUT2D eigenvalue weighted by molar-refractivity contribution is 6.33. The number of anilines is 1. The minimum Gasteiger partial charge on any atom is -0.322 e. The Balaban J connectivity index is 1.96. The molecule has 0 spiro atoms. The van der Waals surface area contributed by atoms with E-state index >= 15 is 0 Å². The molecule has 3 aromatic rings. The van der Waals surface area contributed by atoms with Crippen molar-refractivity contribution in [3.8, 4) is 0 Å². The molecule has 0 radical (unpaired) electrons. The summed E-state index contributed by atoms with van der Waals surface area (Å²) >= 11 is 5.83. The summed E-state index contributed by atoms with van der Waals surface area (Å²) in [6, 6.07) is 22.8. The summed E-state index contributed by atoms with van der Waals surface area (Å²) in [5.74, 6) is -0.373. The van der Waals surface area contributed by atoms with Gasteiger partial charge in [-0.15, -0.1) is 0 Å². The molecule has 0 aliphatic carbocycles. The molecule has 0 fully saturated rings. The Morgan fingerprint density at radius 3 is 2.22 bits per heavy atom. The van der Waals surface area contributed by atoms with E-state index in [1.165, 1.54) is 18.2 Å².